The van der Waals surface area contributed by atoms with E-state index in [9.17, 15) is 4.39 Å². The first-order valence-corrected chi connectivity index (χ1v) is 5.37. The van der Waals surface area contributed by atoms with Crippen LogP contribution in [0, 0.1) is 11.7 Å². The zero-order valence-electron chi connectivity index (χ0n) is 8.89. The lowest BCUT2D eigenvalue weighted by Gasteiger charge is -2.40. The molecule has 0 heterocycles. The van der Waals surface area contributed by atoms with Crippen LogP contribution in [-0.4, -0.2) is 0 Å². The van der Waals surface area contributed by atoms with Crippen molar-refractivity contribution >= 4 is 0 Å². The fraction of sp³-hybridized carbons (Fsp3) is 0.538. The summed E-state index contributed by atoms with van der Waals surface area (Å²) in [7, 11) is 0. The monoisotopic (exact) mass is 192 g/mol. The summed E-state index contributed by atoms with van der Waals surface area (Å²) in [5.74, 6) is 0.645. The largest absolute Gasteiger partial charge is 0.207 e. The zero-order chi connectivity index (χ0) is 10.2. The van der Waals surface area contributed by atoms with Crippen molar-refractivity contribution in [2.24, 2.45) is 5.92 Å². The Kier molecular flexibility index (Phi) is 2.34. The summed E-state index contributed by atoms with van der Waals surface area (Å²) in [6, 6.07) is 6.98. The highest BCUT2D eigenvalue weighted by atomic mass is 19.1. The molecule has 0 spiro atoms. The van der Waals surface area contributed by atoms with E-state index in [2.05, 4.69) is 13.8 Å². The molecule has 1 aliphatic rings. The highest BCUT2D eigenvalue weighted by molar-refractivity contribution is 5.25. The van der Waals surface area contributed by atoms with Gasteiger partial charge >= 0.3 is 0 Å². The van der Waals surface area contributed by atoms with Crippen LogP contribution in [0.2, 0.25) is 0 Å². The van der Waals surface area contributed by atoms with Gasteiger partial charge in [0.05, 0.1) is 0 Å². The van der Waals surface area contributed by atoms with E-state index in [0.717, 1.165) is 5.92 Å². The third kappa shape index (κ3) is 1.56. The molecule has 1 aromatic rings. The Balaban J connectivity index is 2.23. The summed E-state index contributed by atoms with van der Waals surface area (Å²) in [5, 5.41) is 0. The van der Waals surface area contributed by atoms with E-state index in [4.69, 9.17) is 0 Å². The third-order valence-corrected chi connectivity index (χ3v) is 3.71. The summed E-state index contributed by atoms with van der Waals surface area (Å²) >= 11 is 0. The van der Waals surface area contributed by atoms with Crippen molar-refractivity contribution in [2.75, 3.05) is 0 Å². The van der Waals surface area contributed by atoms with E-state index in [0.29, 0.717) is 0 Å². The number of benzene rings is 1. The number of rotatable bonds is 2. The summed E-state index contributed by atoms with van der Waals surface area (Å²) in [6.07, 6.45) is 4.00. The maximum atomic E-state index is 12.8. The van der Waals surface area contributed by atoms with Crippen molar-refractivity contribution in [3.8, 4) is 0 Å². The second-order valence-corrected chi connectivity index (χ2v) is 4.86. The molecule has 0 nitrogen and oxygen atoms in total. The molecule has 0 aliphatic heterocycles. The van der Waals surface area contributed by atoms with E-state index in [-0.39, 0.29) is 11.2 Å². The Labute approximate surface area is 85.1 Å². The predicted molar refractivity (Wildman–Crippen MR) is 56.8 cm³/mol. The molecule has 14 heavy (non-hydrogen) atoms. The molecule has 0 N–H and O–H groups in total. The smallest absolute Gasteiger partial charge is 0.123 e. The van der Waals surface area contributed by atoms with Gasteiger partial charge in [-0.1, -0.05) is 32.4 Å². The van der Waals surface area contributed by atoms with Crippen LogP contribution in [-0.2, 0) is 5.41 Å². The van der Waals surface area contributed by atoms with E-state index in [1.54, 1.807) is 12.1 Å². The molecule has 0 amide bonds. The van der Waals surface area contributed by atoms with Crippen LogP contribution in [0.3, 0.4) is 0 Å². The topological polar surface area (TPSA) is 0 Å². The molecule has 2 rings (SSSR count). The van der Waals surface area contributed by atoms with E-state index in [1.165, 1.54) is 24.8 Å². The number of hydrogen-bond acceptors (Lipinski definition) is 0. The van der Waals surface area contributed by atoms with Crippen LogP contribution < -0.4 is 0 Å². The SMILES string of the molecule is CC(C)(c1ccc(F)cc1)C1CCC1. The van der Waals surface area contributed by atoms with Crippen molar-refractivity contribution in [3.63, 3.8) is 0 Å². The van der Waals surface area contributed by atoms with Crippen LogP contribution in [0.15, 0.2) is 24.3 Å². The van der Waals surface area contributed by atoms with Gasteiger partial charge in [0.15, 0.2) is 0 Å². The van der Waals surface area contributed by atoms with Crippen LogP contribution >= 0.6 is 0 Å². The van der Waals surface area contributed by atoms with Gasteiger partial charge in [0, 0.05) is 0 Å². The molecule has 1 saturated carbocycles. The normalized spacial score (nSPS) is 17.9. The Bertz CT molecular complexity index is 307. The summed E-state index contributed by atoms with van der Waals surface area (Å²) < 4.78 is 12.8. The summed E-state index contributed by atoms with van der Waals surface area (Å²) in [5.41, 5.74) is 1.48. The van der Waals surface area contributed by atoms with Gasteiger partial charge in [-0.3, -0.25) is 0 Å². The van der Waals surface area contributed by atoms with Gasteiger partial charge < -0.3 is 0 Å². The van der Waals surface area contributed by atoms with Crippen molar-refractivity contribution < 1.29 is 4.39 Å². The van der Waals surface area contributed by atoms with Crippen molar-refractivity contribution in [2.45, 2.75) is 38.5 Å². The lowest BCUT2D eigenvalue weighted by Crippen LogP contribution is -2.33. The van der Waals surface area contributed by atoms with Gasteiger partial charge in [-0.25, -0.2) is 4.39 Å². The molecule has 0 saturated heterocycles. The van der Waals surface area contributed by atoms with Gasteiger partial charge in [0.1, 0.15) is 5.82 Å². The number of hydrogen-bond donors (Lipinski definition) is 0. The van der Waals surface area contributed by atoms with Crippen LogP contribution in [0.25, 0.3) is 0 Å². The fourth-order valence-corrected chi connectivity index (χ4v) is 2.25. The molecule has 1 aliphatic carbocycles. The van der Waals surface area contributed by atoms with Gasteiger partial charge in [-0.05, 0) is 41.9 Å². The average Bonchev–Trinajstić information content (AvgIpc) is 2.00. The summed E-state index contributed by atoms with van der Waals surface area (Å²) in [6.45, 7) is 4.54. The van der Waals surface area contributed by atoms with Crippen LogP contribution in [0.1, 0.15) is 38.7 Å². The molecule has 1 aromatic carbocycles. The Hall–Kier alpha value is -0.850. The molecule has 0 atom stereocenters. The van der Waals surface area contributed by atoms with Crippen LogP contribution in [0.4, 0.5) is 4.39 Å². The Morgan fingerprint density at radius 1 is 1.14 bits per heavy atom. The van der Waals surface area contributed by atoms with E-state index in [1.807, 2.05) is 12.1 Å². The fourth-order valence-electron chi connectivity index (χ4n) is 2.25. The standard InChI is InChI=1S/C13H17F/c1-13(2,10-4-3-5-10)11-6-8-12(14)9-7-11/h6-10H,3-5H2,1-2H3. The van der Waals surface area contributed by atoms with Gasteiger partial charge in [-0.15, -0.1) is 0 Å². The minimum absolute atomic E-state index is 0.141. The third-order valence-electron chi connectivity index (χ3n) is 3.71. The van der Waals surface area contributed by atoms with Crippen molar-refractivity contribution in [1.82, 2.24) is 0 Å². The average molecular weight is 192 g/mol. The maximum absolute atomic E-state index is 12.8. The first kappa shape index (κ1) is 9.70. The van der Waals surface area contributed by atoms with Crippen molar-refractivity contribution in [1.29, 1.82) is 0 Å². The quantitative estimate of drug-likeness (QED) is 0.666. The van der Waals surface area contributed by atoms with Gasteiger partial charge in [0.25, 0.3) is 0 Å². The van der Waals surface area contributed by atoms with Gasteiger partial charge in [0.2, 0.25) is 0 Å². The van der Waals surface area contributed by atoms with Gasteiger partial charge in [-0.2, -0.15) is 0 Å². The highest BCUT2D eigenvalue weighted by Crippen LogP contribution is 2.43. The Morgan fingerprint density at radius 2 is 1.71 bits per heavy atom. The lowest BCUT2D eigenvalue weighted by atomic mass is 9.64. The second-order valence-electron chi connectivity index (χ2n) is 4.86. The molecule has 0 aromatic heterocycles. The Morgan fingerprint density at radius 3 is 2.14 bits per heavy atom. The van der Waals surface area contributed by atoms with E-state index >= 15 is 0 Å². The maximum Gasteiger partial charge on any atom is 0.123 e. The molecular weight excluding hydrogens is 175 g/mol. The first-order chi connectivity index (χ1) is 6.60. The van der Waals surface area contributed by atoms with Crippen molar-refractivity contribution in [3.05, 3.63) is 35.6 Å². The summed E-state index contributed by atoms with van der Waals surface area (Å²) in [4.78, 5) is 0. The number of halogens is 1. The molecule has 0 radical (unpaired) electrons. The lowest BCUT2D eigenvalue weighted by molar-refractivity contribution is 0.194. The molecule has 1 heteroatoms. The molecule has 1 fully saturated rings. The molecular formula is C13H17F. The molecule has 0 bridgehead atoms. The van der Waals surface area contributed by atoms with Crippen LogP contribution in [0.5, 0.6) is 0 Å². The molecule has 76 valence electrons. The zero-order valence-corrected chi connectivity index (χ0v) is 8.89. The minimum atomic E-state index is -0.141. The first-order valence-electron chi connectivity index (χ1n) is 5.37. The predicted octanol–water partition coefficient (Wildman–Crippen LogP) is 3.90. The minimum Gasteiger partial charge on any atom is -0.207 e. The molecule has 0 unspecified atom stereocenters. The second kappa shape index (κ2) is 3.38. The highest BCUT2D eigenvalue weighted by Gasteiger charge is 2.34. The van der Waals surface area contributed by atoms with E-state index < -0.39 is 0 Å².